The summed E-state index contributed by atoms with van der Waals surface area (Å²) in [4.78, 5) is 14.9. The first-order chi connectivity index (χ1) is 4.31. The van der Waals surface area contributed by atoms with Crippen molar-refractivity contribution in [3.63, 3.8) is 0 Å². The highest BCUT2D eigenvalue weighted by atomic mass is 35.5. The van der Waals surface area contributed by atoms with E-state index < -0.39 is 0 Å². The average Bonchev–Trinajstić information content (AvgIpc) is 1.85. The predicted octanol–water partition coefficient (Wildman–Crippen LogP) is 0.683. The summed E-state index contributed by atoms with van der Waals surface area (Å²) in [5.74, 6) is -0.00335. The van der Waals surface area contributed by atoms with Gasteiger partial charge in [0.15, 0.2) is 0 Å². The van der Waals surface area contributed by atoms with Crippen molar-refractivity contribution in [2.45, 2.75) is 13.3 Å². The molecule has 54 valence electrons. The SMILES string of the molecule is CCNOC(=O)CCCl. The van der Waals surface area contributed by atoms with Crippen molar-refractivity contribution >= 4 is 17.6 Å². The van der Waals surface area contributed by atoms with Crippen LogP contribution < -0.4 is 5.48 Å². The highest BCUT2D eigenvalue weighted by molar-refractivity contribution is 6.18. The van der Waals surface area contributed by atoms with Crippen molar-refractivity contribution in [3.05, 3.63) is 0 Å². The van der Waals surface area contributed by atoms with Crippen LogP contribution in [0, 0.1) is 0 Å². The first-order valence-electron chi connectivity index (χ1n) is 2.79. The third-order valence-electron chi connectivity index (χ3n) is 0.629. The quantitative estimate of drug-likeness (QED) is 0.475. The summed E-state index contributed by atoms with van der Waals surface area (Å²) in [5, 5.41) is 0. The van der Waals surface area contributed by atoms with Crippen LogP contribution in [0.5, 0.6) is 0 Å². The molecule has 0 aromatic rings. The van der Waals surface area contributed by atoms with Crippen LogP contribution in [0.2, 0.25) is 0 Å². The average molecular weight is 152 g/mol. The van der Waals surface area contributed by atoms with Crippen molar-refractivity contribution in [2.75, 3.05) is 12.4 Å². The van der Waals surface area contributed by atoms with Gasteiger partial charge in [-0.25, -0.2) is 0 Å². The predicted molar refractivity (Wildman–Crippen MR) is 35.1 cm³/mol. The number of alkyl halides is 1. The Morgan fingerprint density at radius 2 is 2.44 bits per heavy atom. The maximum Gasteiger partial charge on any atom is 0.325 e. The van der Waals surface area contributed by atoms with Gasteiger partial charge in [-0.05, 0) is 6.92 Å². The number of hydrogen-bond donors (Lipinski definition) is 1. The first kappa shape index (κ1) is 8.72. The van der Waals surface area contributed by atoms with Crippen molar-refractivity contribution < 1.29 is 9.63 Å². The maximum atomic E-state index is 10.4. The lowest BCUT2D eigenvalue weighted by atomic mass is 10.5. The summed E-state index contributed by atoms with van der Waals surface area (Å²) in [6.45, 7) is 2.46. The van der Waals surface area contributed by atoms with Crippen molar-refractivity contribution in [3.8, 4) is 0 Å². The van der Waals surface area contributed by atoms with Crippen molar-refractivity contribution in [1.29, 1.82) is 0 Å². The first-order valence-corrected chi connectivity index (χ1v) is 3.33. The Kier molecular flexibility index (Phi) is 5.67. The molecule has 0 fully saturated rings. The molecule has 0 aromatic carbocycles. The minimum Gasteiger partial charge on any atom is -0.371 e. The van der Waals surface area contributed by atoms with Gasteiger partial charge in [-0.1, -0.05) is 0 Å². The van der Waals surface area contributed by atoms with E-state index in [0.29, 0.717) is 12.4 Å². The molecule has 0 saturated heterocycles. The van der Waals surface area contributed by atoms with E-state index in [2.05, 4.69) is 10.3 Å². The summed E-state index contributed by atoms with van der Waals surface area (Å²) in [5.41, 5.74) is 2.42. The topological polar surface area (TPSA) is 38.3 Å². The Labute approximate surface area is 59.3 Å². The van der Waals surface area contributed by atoms with E-state index in [-0.39, 0.29) is 12.4 Å². The molecule has 0 rings (SSSR count). The molecule has 0 aromatic heterocycles. The van der Waals surface area contributed by atoms with E-state index in [1.807, 2.05) is 6.92 Å². The molecule has 0 amide bonds. The summed E-state index contributed by atoms with van der Waals surface area (Å²) in [6.07, 6.45) is 0.258. The molecule has 3 nitrogen and oxygen atoms in total. The van der Waals surface area contributed by atoms with Gasteiger partial charge in [0.2, 0.25) is 0 Å². The van der Waals surface area contributed by atoms with Crippen LogP contribution in [0.4, 0.5) is 0 Å². The molecule has 0 atom stereocenters. The van der Waals surface area contributed by atoms with Crippen LogP contribution in [0.25, 0.3) is 0 Å². The molecular weight excluding hydrogens is 142 g/mol. The molecule has 0 aliphatic carbocycles. The lowest BCUT2D eigenvalue weighted by Crippen LogP contribution is -2.19. The molecule has 0 aliphatic rings. The van der Waals surface area contributed by atoms with Crippen LogP contribution in [0.15, 0.2) is 0 Å². The number of hydroxylamine groups is 1. The molecule has 0 saturated carbocycles. The zero-order chi connectivity index (χ0) is 7.11. The van der Waals surface area contributed by atoms with Gasteiger partial charge in [0.05, 0.1) is 6.42 Å². The zero-order valence-corrected chi connectivity index (χ0v) is 6.07. The number of carbonyl (C=O) groups excluding carboxylic acids is 1. The van der Waals surface area contributed by atoms with Gasteiger partial charge in [0.25, 0.3) is 0 Å². The van der Waals surface area contributed by atoms with Gasteiger partial charge in [-0.15, -0.1) is 11.6 Å². The van der Waals surface area contributed by atoms with Gasteiger partial charge in [-0.3, -0.25) is 4.79 Å². The van der Waals surface area contributed by atoms with Gasteiger partial charge in [0, 0.05) is 12.4 Å². The largest absolute Gasteiger partial charge is 0.371 e. The lowest BCUT2D eigenvalue weighted by Gasteiger charge is -1.99. The Morgan fingerprint density at radius 3 is 2.89 bits per heavy atom. The van der Waals surface area contributed by atoms with E-state index in [1.54, 1.807) is 0 Å². The highest BCUT2D eigenvalue weighted by Crippen LogP contribution is 1.85. The van der Waals surface area contributed by atoms with E-state index in [1.165, 1.54) is 0 Å². The number of hydrogen-bond acceptors (Lipinski definition) is 3. The van der Waals surface area contributed by atoms with E-state index in [0.717, 1.165) is 0 Å². The molecule has 0 spiro atoms. The van der Waals surface area contributed by atoms with Gasteiger partial charge in [0.1, 0.15) is 0 Å². The Hall–Kier alpha value is -0.280. The minimum absolute atomic E-state index is 0.258. The van der Waals surface area contributed by atoms with E-state index in [9.17, 15) is 4.79 Å². The van der Waals surface area contributed by atoms with Crippen LogP contribution in [-0.4, -0.2) is 18.4 Å². The number of rotatable bonds is 4. The van der Waals surface area contributed by atoms with Crippen LogP contribution in [0.3, 0.4) is 0 Å². The summed E-state index contributed by atoms with van der Waals surface area (Å²) in [6, 6.07) is 0. The zero-order valence-electron chi connectivity index (χ0n) is 5.32. The number of nitrogens with one attached hydrogen (secondary N) is 1. The second-order valence-corrected chi connectivity index (χ2v) is 1.79. The Bertz CT molecular complexity index is 87.0. The van der Waals surface area contributed by atoms with Gasteiger partial charge < -0.3 is 4.84 Å². The van der Waals surface area contributed by atoms with Crippen LogP contribution in [-0.2, 0) is 9.63 Å². The summed E-state index contributed by atoms with van der Waals surface area (Å²) >= 11 is 5.25. The molecule has 0 unspecified atom stereocenters. The second kappa shape index (κ2) is 5.85. The van der Waals surface area contributed by atoms with Crippen molar-refractivity contribution in [1.82, 2.24) is 5.48 Å². The molecule has 0 radical (unpaired) electrons. The standard InChI is InChI=1S/C5H10ClNO2/c1-2-7-9-5(8)3-4-6/h7H,2-4H2,1H3. The van der Waals surface area contributed by atoms with E-state index in [4.69, 9.17) is 11.6 Å². The monoisotopic (exact) mass is 151 g/mol. The smallest absolute Gasteiger partial charge is 0.325 e. The fourth-order valence-corrected chi connectivity index (χ4v) is 0.435. The van der Waals surface area contributed by atoms with Gasteiger partial charge >= 0.3 is 5.97 Å². The van der Waals surface area contributed by atoms with Gasteiger partial charge in [-0.2, -0.15) is 5.48 Å². The normalized spacial score (nSPS) is 9.11. The Balaban J connectivity index is 3.06. The minimum atomic E-state index is -0.313. The van der Waals surface area contributed by atoms with E-state index >= 15 is 0 Å². The number of halogens is 1. The fourth-order valence-electron chi connectivity index (χ4n) is 0.281. The maximum absolute atomic E-state index is 10.4. The lowest BCUT2D eigenvalue weighted by molar-refractivity contribution is -0.150. The van der Waals surface area contributed by atoms with Crippen molar-refractivity contribution in [2.24, 2.45) is 0 Å². The Morgan fingerprint density at radius 1 is 1.78 bits per heavy atom. The third kappa shape index (κ3) is 5.59. The highest BCUT2D eigenvalue weighted by Gasteiger charge is 1.98. The third-order valence-corrected chi connectivity index (χ3v) is 0.818. The second-order valence-electron chi connectivity index (χ2n) is 1.41. The molecule has 0 aliphatic heterocycles. The molecule has 9 heavy (non-hydrogen) atoms. The molecule has 0 bridgehead atoms. The molecule has 0 heterocycles. The van der Waals surface area contributed by atoms with Crippen LogP contribution in [0.1, 0.15) is 13.3 Å². The van der Waals surface area contributed by atoms with Crippen LogP contribution >= 0.6 is 11.6 Å². The number of carbonyl (C=O) groups is 1. The molecular formula is C5H10ClNO2. The fraction of sp³-hybridized carbons (Fsp3) is 0.800. The molecule has 1 N–H and O–H groups in total. The molecule has 4 heteroatoms. The summed E-state index contributed by atoms with van der Waals surface area (Å²) < 4.78 is 0. The summed E-state index contributed by atoms with van der Waals surface area (Å²) in [7, 11) is 0.